The predicted octanol–water partition coefficient (Wildman–Crippen LogP) is 0.403. The molecule has 0 radical (unpaired) electrons. The van der Waals surface area contributed by atoms with E-state index < -0.39 is 0 Å². The summed E-state index contributed by atoms with van der Waals surface area (Å²) in [4.78, 5) is 30.4. The number of nitrogens with zero attached hydrogens (tertiary/aromatic N) is 4. The molecule has 2 aliphatic rings. The Labute approximate surface area is 109 Å². The fourth-order valence-electron chi connectivity index (χ4n) is 2.31. The molecule has 1 aromatic rings. The molecule has 0 N–H and O–H groups in total. The molecule has 0 unspecified atom stereocenters. The van der Waals surface area contributed by atoms with Crippen molar-refractivity contribution in [1.82, 2.24) is 14.0 Å². The Balaban J connectivity index is 2.32. The van der Waals surface area contributed by atoms with Crippen LogP contribution in [0, 0.1) is 0 Å². The molecule has 0 spiro atoms. The van der Waals surface area contributed by atoms with Crippen molar-refractivity contribution in [1.29, 1.82) is 0 Å². The highest BCUT2D eigenvalue weighted by molar-refractivity contribution is 5.98. The molecule has 2 aliphatic heterocycles. The SMILES string of the molecule is CC1=CC2=Nc3c(c(=O)n(C)c(=O)n3C)CN2C=C1. The summed E-state index contributed by atoms with van der Waals surface area (Å²) < 4.78 is 2.54. The molecule has 0 saturated carbocycles. The number of allylic oxidation sites excluding steroid dienone is 2. The highest BCUT2D eigenvalue weighted by Crippen LogP contribution is 2.24. The van der Waals surface area contributed by atoms with Gasteiger partial charge in [-0.05, 0) is 24.6 Å². The number of fused-ring (bicyclic) bond motifs is 2. The smallest absolute Gasteiger partial charge is 0.328 e. The highest BCUT2D eigenvalue weighted by Gasteiger charge is 2.24. The summed E-state index contributed by atoms with van der Waals surface area (Å²) in [5, 5.41) is 0. The van der Waals surface area contributed by atoms with Gasteiger partial charge in [0, 0.05) is 20.3 Å². The van der Waals surface area contributed by atoms with E-state index in [1.54, 1.807) is 7.05 Å². The topological polar surface area (TPSA) is 59.6 Å². The molecular weight excluding hydrogens is 244 g/mol. The maximum absolute atomic E-state index is 12.1. The lowest BCUT2D eigenvalue weighted by atomic mass is 10.1. The first-order valence-electron chi connectivity index (χ1n) is 6.00. The summed E-state index contributed by atoms with van der Waals surface area (Å²) >= 11 is 0. The van der Waals surface area contributed by atoms with Crippen LogP contribution in [0.4, 0.5) is 5.82 Å². The minimum absolute atomic E-state index is 0.277. The van der Waals surface area contributed by atoms with Gasteiger partial charge in [0.25, 0.3) is 5.56 Å². The van der Waals surface area contributed by atoms with E-state index in [1.807, 2.05) is 30.2 Å². The van der Waals surface area contributed by atoms with Gasteiger partial charge in [-0.3, -0.25) is 13.9 Å². The summed E-state index contributed by atoms with van der Waals surface area (Å²) in [6.07, 6.45) is 5.81. The summed E-state index contributed by atoms with van der Waals surface area (Å²) in [6, 6.07) is 0. The van der Waals surface area contributed by atoms with Gasteiger partial charge in [0.15, 0.2) is 0 Å². The van der Waals surface area contributed by atoms with Gasteiger partial charge in [0.05, 0.1) is 12.1 Å². The van der Waals surface area contributed by atoms with Crippen molar-refractivity contribution in [2.24, 2.45) is 19.1 Å². The molecule has 6 nitrogen and oxygen atoms in total. The fourth-order valence-corrected chi connectivity index (χ4v) is 2.31. The Kier molecular flexibility index (Phi) is 2.35. The maximum atomic E-state index is 12.1. The van der Waals surface area contributed by atoms with Crippen LogP contribution in [0.1, 0.15) is 12.5 Å². The average Bonchev–Trinajstić information content (AvgIpc) is 2.41. The first-order valence-corrected chi connectivity index (χ1v) is 6.00. The molecule has 0 amide bonds. The van der Waals surface area contributed by atoms with Crippen LogP contribution in [0.5, 0.6) is 0 Å². The number of aliphatic imine (C=N–C) groups is 1. The van der Waals surface area contributed by atoms with Gasteiger partial charge in [-0.2, -0.15) is 0 Å². The van der Waals surface area contributed by atoms with Crippen LogP contribution in [0.25, 0.3) is 0 Å². The molecule has 19 heavy (non-hydrogen) atoms. The third kappa shape index (κ3) is 1.60. The first-order chi connectivity index (χ1) is 8.99. The van der Waals surface area contributed by atoms with Crippen LogP contribution >= 0.6 is 0 Å². The van der Waals surface area contributed by atoms with E-state index in [2.05, 4.69) is 4.99 Å². The van der Waals surface area contributed by atoms with Gasteiger partial charge in [-0.25, -0.2) is 9.79 Å². The van der Waals surface area contributed by atoms with Crippen LogP contribution in [0.2, 0.25) is 0 Å². The average molecular weight is 258 g/mol. The summed E-state index contributed by atoms with van der Waals surface area (Å²) in [5.74, 6) is 1.22. The predicted molar refractivity (Wildman–Crippen MR) is 72.5 cm³/mol. The molecule has 3 rings (SSSR count). The number of aromatic nitrogens is 2. The quantitative estimate of drug-likeness (QED) is 0.677. The van der Waals surface area contributed by atoms with Gasteiger partial charge >= 0.3 is 5.69 Å². The van der Waals surface area contributed by atoms with Gasteiger partial charge in [0.2, 0.25) is 0 Å². The summed E-state index contributed by atoms with van der Waals surface area (Å²) in [5.41, 5.74) is 1.01. The molecule has 6 heteroatoms. The van der Waals surface area contributed by atoms with Crippen molar-refractivity contribution >= 4 is 11.7 Å². The van der Waals surface area contributed by atoms with E-state index in [1.165, 1.54) is 11.6 Å². The van der Waals surface area contributed by atoms with Crippen LogP contribution < -0.4 is 11.2 Å². The van der Waals surface area contributed by atoms with Crippen molar-refractivity contribution in [2.75, 3.05) is 0 Å². The standard InChI is InChI=1S/C13H14N4O2/c1-8-4-5-17-7-9-11(14-10(17)6-8)15(2)13(19)16(3)12(9)18/h4-6H,7H2,1-3H3. The lowest BCUT2D eigenvalue weighted by Crippen LogP contribution is -2.42. The van der Waals surface area contributed by atoms with E-state index in [0.717, 1.165) is 16.0 Å². The van der Waals surface area contributed by atoms with Crippen molar-refractivity contribution in [3.8, 4) is 0 Å². The normalized spacial score (nSPS) is 16.7. The Morgan fingerprint density at radius 1 is 1.21 bits per heavy atom. The van der Waals surface area contributed by atoms with Crippen molar-refractivity contribution in [2.45, 2.75) is 13.5 Å². The lowest BCUT2D eigenvalue weighted by molar-refractivity contribution is 0.520. The van der Waals surface area contributed by atoms with Gasteiger partial charge in [-0.1, -0.05) is 0 Å². The number of hydrogen-bond acceptors (Lipinski definition) is 4. The molecule has 0 atom stereocenters. The second kappa shape index (κ2) is 3.81. The molecule has 0 aliphatic carbocycles. The molecule has 3 heterocycles. The van der Waals surface area contributed by atoms with Crippen LogP contribution in [0.15, 0.2) is 38.5 Å². The molecule has 0 saturated heterocycles. The fraction of sp³-hybridized carbons (Fsp3) is 0.308. The minimum Gasteiger partial charge on any atom is -0.328 e. The lowest BCUT2D eigenvalue weighted by Gasteiger charge is -2.28. The summed E-state index contributed by atoms with van der Waals surface area (Å²) in [7, 11) is 3.12. The zero-order valence-electron chi connectivity index (χ0n) is 11.0. The van der Waals surface area contributed by atoms with E-state index in [4.69, 9.17) is 0 Å². The Bertz CT molecular complexity index is 777. The monoisotopic (exact) mass is 258 g/mol. The Hall–Kier alpha value is -2.37. The third-order valence-electron chi connectivity index (χ3n) is 3.44. The van der Waals surface area contributed by atoms with E-state index >= 15 is 0 Å². The highest BCUT2D eigenvalue weighted by atomic mass is 16.2. The van der Waals surface area contributed by atoms with Gasteiger partial charge in [-0.15, -0.1) is 0 Å². The van der Waals surface area contributed by atoms with Crippen molar-refractivity contribution < 1.29 is 0 Å². The van der Waals surface area contributed by atoms with Crippen LogP contribution in [-0.4, -0.2) is 19.9 Å². The summed E-state index contributed by atoms with van der Waals surface area (Å²) in [6.45, 7) is 2.42. The molecule has 0 bridgehead atoms. The second-order valence-corrected chi connectivity index (χ2v) is 4.81. The number of hydrogen-bond donors (Lipinski definition) is 0. The van der Waals surface area contributed by atoms with Gasteiger partial charge in [0.1, 0.15) is 11.7 Å². The molecular formula is C13H14N4O2. The van der Waals surface area contributed by atoms with Crippen molar-refractivity contribution in [3.63, 3.8) is 0 Å². The maximum Gasteiger partial charge on any atom is 0.332 e. The Morgan fingerprint density at radius 2 is 1.95 bits per heavy atom. The number of rotatable bonds is 0. The van der Waals surface area contributed by atoms with E-state index in [-0.39, 0.29) is 11.2 Å². The van der Waals surface area contributed by atoms with Crippen LogP contribution in [0.3, 0.4) is 0 Å². The Morgan fingerprint density at radius 3 is 2.68 bits per heavy atom. The second-order valence-electron chi connectivity index (χ2n) is 4.81. The first kappa shape index (κ1) is 11.7. The zero-order valence-corrected chi connectivity index (χ0v) is 11.0. The van der Waals surface area contributed by atoms with E-state index in [0.29, 0.717) is 17.9 Å². The van der Waals surface area contributed by atoms with E-state index in [9.17, 15) is 9.59 Å². The minimum atomic E-state index is -0.353. The molecule has 0 fully saturated rings. The molecule has 0 aromatic carbocycles. The van der Waals surface area contributed by atoms with Crippen molar-refractivity contribution in [3.05, 3.63) is 50.3 Å². The number of amidine groups is 1. The largest absolute Gasteiger partial charge is 0.332 e. The zero-order chi connectivity index (χ0) is 13.7. The molecule has 98 valence electrons. The van der Waals surface area contributed by atoms with Gasteiger partial charge < -0.3 is 4.90 Å². The third-order valence-corrected chi connectivity index (χ3v) is 3.44. The molecule has 1 aromatic heterocycles. The van der Waals surface area contributed by atoms with Crippen LogP contribution in [-0.2, 0) is 20.6 Å².